The number of hydrogen-bond acceptors (Lipinski definition) is 4. The minimum atomic E-state index is -0.228. The first kappa shape index (κ1) is 23.3. The number of aliphatic imine (C=N–C) groups is 1. The SMILES string of the molecule is CCOC(=O)N1CCN(C(=NC)NCCCCOc2ccccc2)CC1.I. The number of benzene rings is 1. The standard InChI is InChI=1S/C19H30N4O3.HI/c1-3-25-19(24)23-14-12-22(13-15-23)18(20-2)21-11-7-8-16-26-17-9-5-4-6-10-17;/h4-6,9-10H,3,7-8,11-16H2,1-2H3,(H,20,21);1H. The van der Waals surface area contributed by atoms with E-state index in [4.69, 9.17) is 9.47 Å². The molecule has 0 bridgehead atoms. The second-order valence-electron chi connectivity index (χ2n) is 6.02. The molecular weight excluding hydrogens is 459 g/mol. The zero-order chi connectivity index (χ0) is 18.6. The lowest BCUT2D eigenvalue weighted by Gasteiger charge is -2.35. The van der Waals surface area contributed by atoms with Crippen molar-refractivity contribution in [2.24, 2.45) is 4.99 Å². The van der Waals surface area contributed by atoms with Crippen LogP contribution >= 0.6 is 24.0 Å². The van der Waals surface area contributed by atoms with Crippen LogP contribution in [-0.4, -0.2) is 74.8 Å². The third-order valence-electron chi connectivity index (χ3n) is 4.18. The highest BCUT2D eigenvalue weighted by atomic mass is 127. The van der Waals surface area contributed by atoms with E-state index in [1.54, 1.807) is 11.9 Å². The van der Waals surface area contributed by atoms with Crippen molar-refractivity contribution in [1.82, 2.24) is 15.1 Å². The van der Waals surface area contributed by atoms with Crippen molar-refractivity contribution in [3.63, 3.8) is 0 Å². The van der Waals surface area contributed by atoms with Gasteiger partial charge in [-0.3, -0.25) is 4.99 Å². The van der Waals surface area contributed by atoms with E-state index in [9.17, 15) is 4.79 Å². The molecule has 1 fully saturated rings. The molecule has 0 atom stereocenters. The maximum atomic E-state index is 11.7. The largest absolute Gasteiger partial charge is 0.494 e. The van der Waals surface area contributed by atoms with Gasteiger partial charge in [-0.1, -0.05) is 18.2 Å². The van der Waals surface area contributed by atoms with E-state index >= 15 is 0 Å². The molecule has 2 rings (SSSR count). The number of amides is 1. The first-order valence-corrected chi connectivity index (χ1v) is 9.29. The molecule has 7 nitrogen and oxygen atoms in total. The van der Waals surface area contributed by atoms with Crippen LogP contribution < -0.4 is 10.1 Å². The number of carbonyl (C=O) groups excluding carboxylic acids is 1. The second-order valence-corrected chi connectivity index (χ2v) is 6.02. The van der Waals surface area contributed by atoms with Crippen LogP contribution in [0.5, 0.6) is 5.75 Å². The molecule has 0 radical (unpaired) electrons. The molecule has 1 aliphatic rings. The molecule has 1 aromatic rings. The number of unbranched alkanes of at least 4 members (excludes halogenated alkanes) is 1. The number of piperazine rings is 1. The third kappa shape index (κ3) is 8.23. The third-order valence-corrected chi connectivity index (χ3v) is 4.18. The van der Waals surface area contributed by atoms with Gasteiger partial charge in [0.25, 0.3) is 0 Å². The van der Waals surface area contributed by atoms with Crippen molar-refractivity contribution in [2.45, 2.75) is 19.8 Å². The Labute approximate surface area is 179 Å². The Morgan fingerprint density at radius 1 is 1.11 bits per heavy atom. The van der Waals surface area contributed by atoms with Gasteiger partial charge in [0, 0.05) is 39.8 Å². The highest BCUT2D eigenvalue weighted by Crippen LogP contribution is 2.09. The molecule has 0 saturated carbocycles. The van der Waals surface area contributed by atoms with Gasteiger partial charge < -0.3 is 24.6 Å². The van der Waals surface area contributed by atoms with Crippen molar-refractivity contribution in [3.8, 4) is 5.75 Å². The number of rotatable bonds is 7. The van der Waals surface area contributed by atoms with Crippen LogP contribution in [0.1, 0.15) is 19.8 Å². The molecule has 27 heavy (non-hydrogen) atoms. The average Bonchev–Trinajstić information content (AvgIpc) is 2.69. The lowest BCUT2D eigenvalue weighted by atomic mass is 10.3. The Morgan fingerprint density at radius 2 is 1.78 bits per heavy atom. The molecule has 8 heteroatoms. The molecular formula is C19H31IN4O3. The zero-order valence-electron chi connectivity index (χ0n) is 16.2. The first-order valence-electron chi connectivity index (χ1n) is 9.29. The van der Waals surface area contributed by atoms with Gasteiger partial charge in [-0.2, -0.15) is 0 Å². The van der Waals surface area contributed by atoms with E-state index in [0.717, 1.165) is 44.2 Å². The van der Waals surface area contributed by atoms with Gasteiger partial charge in [0.2, 0.25) is 0 Å². The molecule has 0 aliphatic carbocycles. The van der Waals surface area contributed by atoms with Crippen LogP contribution in [0.4, 0.5) is 4.79 Å². The van der Waals surface area contributed by atoms with Crippen molar-refractivity contribution < 1.29 is 14.3 Å². The molecule has 1 aliphatic heterocycles. The topological polar surface area (TPSA) is 66.4 Å². The number of carbonyl (C=O) groups is 1. The van der Waals surface area contributed by atoms with E-state index in [0.29, 0.717) is 26.3 Å². The van der Waals surface area contributed by atoms with Gasteiger partial charge in [-0.05, 0) is 31.9 Å². The van der Waals surface area contributed by atoms with Gasteiger partial charge in [-0.15, -0.1) is 24.0 Å². The number of guanidine groups is 1. The second kappa shape index (κ2) is 13.5. The molecule has 0 aromatic heterocycles. The lowest BCUT2D eigenvalue weighted by Crippen LogP contribution is -2.54. The van der Waals surface area contributed by atoms with E-state index in [2.05, 4.69) is 15.2 Å². The number of halogens is 1. The molecule has 1 saturated heterocycles. The Morgan fingerprint density at radius 3 is 2.41 bits per heavy atom. The molecule has 1 amide bonds. The summed E-state index contributed by atoms with van der Waals surface area (Å²) in [5.74, 6) is 1.80. The normalized spacial score (nSPS) is 14.4. The van der Waals surface area contributed by atoms with Crippen molar-refractivity contribution in [1.29, 1.82) is 0 Å². The maximum Gasteiger partial charge on any atom is 0.409 e. The summed E-state index contributed by atoms with van der Waals surface area (Å²) in [6, 6.07) is 9.87. The Balaban J connectivity index is 0.00000364. The smallest absolute Gasteiger partial charge is 0.409 e. The van der Waals surface area contributed by atoms with Crippen LogP contribution in [0.2, 0.25) is 0 Å². The van der Waals surface area contributed by atoms with E-state index in [1.165, 1.54) is 0 Å². The monoisotopic (exact) mass is 490 g/mol. The van der Waals surface area contributed by atoms with Crippen LogP contribution in [0.15, 0.2) is 35.3 Å². The number of ether oxygens (including phenoxy) is 2. The molecule has 0 unspecified atom stereocenters. The lowest BCUT2D eigenvalue weighted by molar-refractivity contribution is 0.0914. The minimum absolute atomic E-state index is 0. The van der Waals surface area contributed by atoms with Gasteiger partial charge in [0.05, 0.1) is 13.2 Å². The van der Waals surface area contributed by atoms with Gasteiger partial charge in [0.1, 0.15) is 5.75 Å². The highest BCUT2D eigenvalue weighted by Gasteiger charge is 2.23. The summed E-state index contributed by atoms with van der Waals surface area (Å²) < 4.78 is 10.7. The number of para-hydroxylation sites is 1. The van der Waals surface area contributed by atoms with E-state index < -0.39 is 0 Å². The molecule has 0 spiro atoms. The average molecular weight is 490 g/mol. The van der Waals surface area contributed by atoms with Crippen LogP contribution in [0, 0.1) is 0 Å². The fraction of sp³-hybridized carbons (Fsp3) is 0.579. The number of nitrogens with zero attached hydrogens (tertiary/aromatic N) is 3. The fourth-order valence-corrected chi connectivity index (χ4v) is 2.78. The number of hydrogen-bond donors (Lipinski definition) is 1. The van der Waals surface area contributed by atoms with E-state index in [-0.39, 0.29) is 30.1 Å². The number of nitrogens with one attached hydrogen (secondary N) is 1. The van der Waals surface area contributed by atoms with Crippen LogP contribution in [0.3, 0.4) is 0 Å². The molecule has 1 heterocycles. The molecule has 152 valence electrons. The van der Waals surface area contributed by atoms with Gasteiger partial charge in [0.15, 0.2) is 5.96 Å². The summed E-state index contributed by atoms with van der Waals surface area (Å²) >= 11 is 0. The Kier molecular flexibility index (Phi) is 11.6. The van der Waals surface area contributed by atoms with Gasteiger partial charge >= 0.3 is 6.09 Å². The van der Waals surface area contributed by atoms with Crippen LogP contribution in [-0.2, 0) is 4.74 Å². The van der Waals surface area contributed by atoms with Crippen molar-refractivity contribution in [2.75, 3.05) is 53.0 Å². The molecule has 1 aromatic carbocycles. The van der Waals surface area contributed by atoms with Crippen LogP contribution in [0.25, 0.3) is 0 Å². The Bertz CT molecular complexity index is 563. The Hall–Kier alpha value is -1.71. The fourth-order valence-electron chi connectivity index (χ4n) is 2.78. The highest BCUT2D eigenvalue weighted by molar-refractivity contribution is 14.0. The summed E-state index contributed by atoms with van der Waals surface area (Å²) in [4.78, 5) is 20.0. The first-order chi connectivity index (χ1) is 12.7. The zero-order valence-corrected chi connectivity index (χ0v) is 18.6. The van der Waals surface area contributed by atoms with E-state index in [1.807, 2.05) is 37.3 Å². The maximum absolute atomic E-state index is 11.7. The molecule has 1 N–H and O–H groups in total. The summed E-state index contributed by atoms with van der Waals surface area (Å²) in [6.45, 7) is 6.63. The predicted octanol–water partition coefficient (Wildman–Crippen LogP) is 2.81. The summed E-state index contributed by atoms with van der Waals surface area (Å²) in [7, 11) is 1.79. The predicted molar refractivity (Wildman–Crippen MR) is 118 cm³/mol. The summed E-state index contributed by atoms with van der Waals surface area (Å²) in [5.41, 5.74) is 0. The minimum Gasteiger partial charge on any atom is -0.494 e. The summed E-state index contributed by atoms with van der Waals surface area (Å²) in [6.07, 6.45) is 1.76. The van der Waals surface area contributed by atoms with Crippen molar-refractivity contribution in [3.05, 3.63) is 30.3 Å². The summed E-state index contributed by atoms with van der Waals surface area (Å²) in [5, 5.41) is 3.39. The van der Waals surface area contributed by atoms with Gasteiger partial charge in [-0.25, -0.2) is 4.79 Å². The quantitative estimate of drug-likeness (QED) is 0.276. The van der Waals surface area contributed by atoms with Crippen molar-refractivity contribution >= 4 is 36.0 Å².